The minimum atomic E-state index is 0. The van der Waals surface area contributed by atoms with Gasteiger partial charge in [-0.1, -0.05) is 190 Å². The van der Waals surface area contributed by atoms with Gasteiger partial charge < -0.3 is 20.1 Å². The predicted molar refractivity (Wildman–Crippen MR) is 235 cm³/mol. The van der Waals surface area contributed by atoms with E-state index in [-0.39, 0.29) is 56.9 Å². The van der Waals surface area contributed by atoms with Gasteiger partial charge in [0.25, 0.3) is 0 Å². The van der Waals surface area contributed by atoms with Gasteiger partial charge in [0, 0.05) is 27.4 Å². The monoisotopic (exact) mass is 890 g/mol. The zero-order valence-electron chi connectivity index (χ0n) is 32.0. The number of rotatable bonds is 17. The molecule has 0 spiro atoms. The maximum atomic E-state index is 9.56. The molecule has 0 atom stereocenters. The number of alkyl halides is 2. The Bertz CT molecular complexity index is 1730. The zero-order valence-corrected chi connectivity index (χ0v) is 38.3. The molecule has 0 saturated heterocycles. The molecule has 284 valence electrons. The van der Waals surface area contributed by atoms with Gasteiger partial charge in [0.15, 0.2) is 0 Å². The Balaban J connectivity index is 0.000000374. The Labute approximate surface area is 388 Å². The molecule has 0 radical (unpaired) electrons. The van der Waals surface area contributed by atoms with Crippen molar-refractivity contribution in [3.05, 3.63) is 164 Å². The van der Waals surface area contributed by atoms with E-state index in [1.165, 1.54) is 36.8 Å². The molecule has 6 rings (SSSR count). The maximum Gasteiger partial charge on any atom is 1.00 e. The van der Waals surface area contributed by atoms with Crippen molar-refractivity contribution in [1.82, 2.24) is 0 Å². The number of ether oxygens (including phenoxy) is 2. The fraction of sp³-hybridized carbons (Fsp3) is 0.250. The molecule has 0 aliphatic heterocycles. The molecular weight excluding hydrogens is 839 g/mol. The number of hydrogen-bond donors (Lipinski definition) is 1. The SMILES string of the molecule is BrCCCCCCBr.Oc1ccccc1-c1ccccc1.[K+].[OH-].c1ccc(-c2ccccc2OCCCCCCOc2ccccc2-c2ccccc2)cc1. The van der Waals surface area contributed by atoms with Crippen molar-refractivity contribution in [2.75, 3.05) is 23.9 Å². The molecule has 0 amide bonds. The van der Waals surface area contributed by atoms with E-state index in [9.17, 15) is 5.11 Å². The van der Waals surface area contributed by atoms with Gasteiger partial charge >= 0.3 is 51.4 Å². The molecule has 0 bridgehead atoms. The van der Waals surface area contributed by atoms with Gasteiger partial charge in [0.2, 0.25) is 0 Å². The third-order valence-electron chi connectivity index (χ3n) is 8.50. The van der Waals surface area contributed by atoms with Gasteiger partial charge in [-0.05, 0) is 73.4 Å². The summed E-state index contributed by atoms with van der Waals surface area (Å²) in [6.07, 6.45) is 9.76. The summed E-state index contributed by atoms with van der Waals surface area (Å²) >= 11 is 6.78. The van der Waals surface area contributed by atoms with Crippen LogP contribution in [0.3, 0.4) is 0 Å². The van der Waals surface area contributed by atoms with Crippen molar-refractivity contribution < 1.29 is 71.4 Å². The van der Waals surface area contributed by atoms with E-state index >= 15 is 0 Å². The van der Waals surface area contributed by atoms with Crippen LogP contribution in [0.5, 0.6) is 17.2 Å². The first-order chi connectivity index (χ1) is 26.2. The summed E-state index contributed by atoms with van der Waals surface area (Å²) in [6.45, 7) is 1.48. The molecule has 4 nitrogen and oxygen atoms in total. The normalized spacial score (nSPS) is 9.93. The smallest absolute Gasteiger partial charge is 0.870 e. The summed E-state index contributed by atoms with van der Waals surface area (Å²) in [4.78, 5) is 0. The molecule has 0 unspecified atom stereocenters. The van der Waals surface area contributed by atoms with Crippen LogP contribution in [0.1, 0.15) is 51.4 Å². The topological polar surface area (TPSA) is 68.7 Å². The number of unbranched alkanes of at least 4 members (excludes halogenated alkanes) is 6. The minimum Gasteiger partial charge on any atom is -0.870 e. The average molecular weight is 893 g/mol. The molecular formula is C48H53Br2KO4. The fourth-order valence-electron chi connectivity index (χ4n) is 5.70. The number of phenols is 1. The number of phenolic OH excluding ortho intramolecular Hbond substituents is 1. The van der Waals surface area contributed by atoms with Gasteiger partial charge in [0.1, 0.15) is 17.2 Å². The minimum absolute atomic E-state index is 0. The van der Waals surface area contributed by atoms with Crippen molar-refractivity contribution in [1.29, 1.82) is 0 Å². The van der Waals surface area contributed by atoms with E-state index in [1.807, 2.05) is 72.8 Å². The van der Waals surface area contributed by atoms with Gasteiger partial charge in [-0.2, -0.15) is 0 Å². The van der Waals surface area contributed by atoms with E-state index < -0.39 is 0 Å². The van der Waals surface area contributed by atoms with E-state index in [1.54, 1.807) is 6.07 Å². The fourth-order valence-corrected chi connectivity index (χ4v) is 6.49. The first kappa shape index (κ1) is 48.4. The summed E-state index contributed by atoms with van der Waals surface area (Å²) in [5.74, 6) is 2.24. The second-order valence-corrected chi connectivity index (χ2v) is 14.1. The van der Waals surface area contributed by atoms with Crippen molar-refractivity contribution in [2.45, 2.75) is 51.4 Å². The number of halogens is 2. The van der Waals surface area contributed by atoms with Crippen LogP contribution in [0.4, 0.5) is 0 Å². The van der Waals surface area contributed by atoms with Gasteiger partial charge in [-0.25, -0.2) is 0 Å². The number of benzene rings is 6. The Kier molecular flexibility index (Phi) is 26.8. The number of para-hydroxylation sites is 3. The van der Waals surface area contributed by atoms with E-state index in [0.29, 0.717) is 5.75 Å². The molecule has 0 aromatic heterocycles. The van der Waals surface area contributed by atoms with Crippen molar-refractivity contribution >= 4 is 31.9 Å². The van der Waals surface area contributed by atoms with Gasteiger partial charge in [-0.3, -0.25) is 0 Å². The van der Waals surface area contributed by atoms with Crippen LogP contribution in [-0.4, -0.2) is 34.5 Å². The number of hydrogen-bond acceptors (Lipinski definition) is 4. The summed E-state index contributed by atoms with van der Waals surface area (Å²) in [5.41, 5.74) is 6.60. The van der Waals surface area contributed by atoms with Crippen molar-refractivity contribution in [3.8, 4) is 50.6 Å². The quantitative estimate of drug-likeness (QED) is 0.0563. The Morgan fingerprint density at radius 1 is 0.364 bits per heavy atom. The summed E-state index contributed by atoms with van der Waals surface area (Å²) in [7, 11) is 0. The van der Waals surface area contributed by atoms with Crippen LogP contribution in [0.2, 0.25) is 0 Å². The molecule has 0 heterocycles. The summed E-state index contributed by atoms with van der Waals surface area (Å²) in [6, 6.07) is 54.5. The van der Waals surface area contributed by atoms with Crippen molar-refractivity contribution in [2.24, 2.45) is 0 Å². The molecule has 55 heavy (non-hydrogen) atoms. The van der Waals surface area contributed by atoms with Crippen LogP contribution < -0.4 is 60.9 Å². The van der Waals surface area contributed by atoms with Crippen LogP contribution in [0.15, 0.2) is 164 Å². The van der Waals surface area contributed by atoms with Gasteiger partial charge in [0.05, 0.1) is 13.2 Å². The molecule has 6 aromatic rings. The first-order valence-corrected chi connectivity index (χ1v) is 21.0. The molecule has 0 aliphatic carbocycles. The Morgan fingerprint density at radius 3 is 1.05 bits per heavy atom. The average Bonchev–Trinajstić information content (AvgIpc) is 3.22. The second-order valence-electron chi connectivity index (χ2n) is 12.5. The van der Waals surface area contributed by atoms with Crippen LogP contribution in [-0.2, 0) is 0 Å². The molecule has 2 N–H and O–H groups in total. The largest absolute Gasteiger partial charge is 1.00 e. The van der Waals surface area contributed by atoms with Crippen LogP contribution in [0, 0.1) is 0 Å². The van der Waals surface area contributed by atoms with Gasteiger partial charge in [-0.15, -0.1) is 0 Å². The third kappa shape index (κ3) is 18.4. The van der Waals surface area contributed by atoms with E-state index in [0.717, 1.165) is 83.3 Å². The van der Waals surface area contributed by atoms with Crippen LogP contribution in [0.25, 0.3) is 33.4 Å². The van der Waals surface area contributed by atoms with E-state index in [2.05, 4.69) is 117 Å². The molecule has 0 saturated carbocycles. The first-order valence-electron chi connectivity index (χ1n) is 18.7. The molecule has 0 aliphatic rings. The molecule has 7 heteroatoms. The zero-order chi connectivity index (χ0) is 37.2. The predicted octanol–water partition coefficient (Wildman–Crippen LogP) is 11.3. The van der Waals surface area contributed by atoms with Crippen molar-refractivity contribution in [3.63, 3.8) is 0 Å². The Hall–Kier alpha value is -2.72. The molecule has 0 fully saturated rings. The Morgan fingerprint density at radius 2 is 0.673 bits per heavy atom. The van der Waals surface area contributed by atoms with Crippen LogP contribution >= 0.6 is 31.9 Å². The second kappa shape index (κ2) is 30.4. The van der Waals surface area contributed by atoms with E-state index in [4.69, 9.17) is 9.47 Å². The molecule has 6 aromatic carbocycles. The summed E-state index contributed by atoms with van der Waals surface area (Å²) < 4.78 is 12.2. The number of aromatic hydroxyl groups is 1. The summed E-state index contributed by atoms with van der Waals surface area (Å²) in [5, 5.41) is 11.9. The third-order valence-corrected chi connectivity index (χ3v) is 9.63. The standard InChI is InChI=1S/C30H30O2.C12H10O.C6H12Br2.K.H2O/c1(13-23-31-29-21-11-9-19-27(29)25-15-5-3-6-16-25)2-14-24-32-30-22-12-10-20-28(30)26-17-7-4-8-18-26;13-12-9-5-4-8-11(12)10-6-2-1-3-7-10;7-5-3-1-2-4-6-8;;/h3-12,15-22H,1-2,13-14,23-24H2;1-9,13H;1-6H2;;1H2/q;;;+1;/p-1. The maximum absolute atomic E-state index is 9.56.